The third-order valence-corrected chi connectivity index (χ3v) is 6.89. The quantitative estimate of drug-likeness (QED) is 0.645. The molecule has 152 valence electrons. The number of fused-ring (bicyclic) bond motifs is 4. The third-order valence-electron chi connectivity index (χ3n) is 5.65. The van der Waals surface area contributed by atoms with E-state index in [0.717, 1.165) is 27.1 Å². The van der Waals surface area contributed by atoms with Crippen LogP contribution in [-0.4, -0.2) is 33.6 Å². The lowest BCUT2D eigenvalue weighted by atomic mass is 9.98. The molecule has 2 aliphatic rings. The molecule has 2 amide bonds. The van der Waals surface area contributed by atoms with Gasteiger partial charge in [-0.2, -0.15) is 5.06 Å². The number of thiophene rings is 1. The maximum atomic E-state index is 13.0. The van der Waals surface area contributed by atoms with E-state index >= 15 is 0 Å². The lowest BCUT2D eigenvalue weighted by Crippen LogP contribution is -2.37. The van der Waals surface area contributed by atoms with Crippen molar-refractivity contribution >= 4 is 23.3 Å². The second-order valence-corrected chi connectivity index (χ2v) is 8.61. The van der Waals surface area contributed by atoms with Crippen molar-refractivity contribution in [3.8, 4) is 10.4 Å². The summed E-state index contributed by atoms with van der Waals surface area (Å²) in [7, 11) is 0. The highest BCUT2D eigenvalue weighted by molar-refractivity contribution is 7.16. The molecule has 2 atom stereocenters. The van der Waals surface area contributed by atoms with Gasteiger partial charge in [-0.3, -0.25) is 4.84 Å². The van der Waals surface area contributed by atoms with E-state index in [1.165, 1.54) is 21.3 Å². The van der Waals surface area contributed by atoms with Crippen molar-refractivity contribution in [1.82, 2.24) is 9.96 Å². The first-order valence-corrected chi connectivity index (χ1v) is 10.6. The molecule has 1 aromatic heterocycles. The summed E-state index contributed by atoms with van der Waals surface area (Å²) in [5.74, 6) is -1.02. The van der Waals surface area contributed by atoms with E-state index in [1.807, 2.05) is 67.6 Å². The number of benzene rings is 2. The molecule has 6 nitrogen and oxygen atoms in total. The number of hydrogen-bond acceptors (Lipinski definition) is 4. The fourth-order valence-corrected chi connectivity index (χ4v) is 5.58. The van der Waals surface area contributed by atoms with E-state index in [0.29, 0.717) is 11.4 Å². The van der Waals surface area contributed by atoms with Crippen LogP contribution in [-0.2, 0) is 16.2 Å². The molecule has 1 saturated heterocycles. The number of urea groups is 1. The summed E-state index contributed by atoms with van der Waals surface area (Å²) in [6.45, 7) is 2.59. The van der Waals surface area contributed by atoms with Crippen LogP contribution >= 0.6 is 11.3 Å². The Morgan fingerprint density at radius 2 is 1.90 bits per heavy atom. The maximum Gasteiger partial charge on any atom is 0.345 e. The van der Waals surface area contributed by atoms with E-state index in [2.05, 4.69) is 0 Å². The highest BCUT2D eigenvalue weighted by Gasteiger charge is 2.52. The molecule has 2 bridgehead atoms. The van der Waals surface area contributed by atoms with Gasteiger partial charge in [-0.05, 0) is 35.2 Å². The number of hydrogen-bond donors (Lipinski definition) is 1. The number of carboxylic acid groups (broad SMARTS) is 1. The Balaban J connectivity index is 1.52. The first kappa shape index (κ1) is 18.8. The smallest absolute Gasteiger partial charge is 0.345 e. The number of hydroxylamine groups is 2. The Bertz CT molecular complexity index is 1130. The van der Waals surface area contributed by atoms with Crippen LogP contribution in [0.1, 0.15) is 33.7 Å². The van der Waals surface area contributed by atoms with Crippen molar-refractivity contribution < 1.29 is 19.5 Å². The van der Waals surface area contributed by atoms with E-state index in [-0.39, 0.29) is 12.6 Å². The molecule has 1 fully saturated rings. The van der Waals surface area contributed by atoms with Crippen molar-refractivity contribution in [2.45, 2.75) is 25.6 Å². The standard InChI is InChI=1S/C23H20N2O4S/c1-14-7-5-6-10-16(14)19-11-17-18-12-24(20(22(26)27)21(17)30-19)23(28)25(18)29-13-15-8-3-2-4-9-15/h2-11,18,20H,12-13H2,1H3,(H,26,27). The normalized spacial score (nSPS) is 19.8. The summed E-state index contributed by atoms with van der Waals surface area (Å²) >= 11 is 1.45. The van der Waals surface area contributed by atoms with Gasteiger partial charge in [-0.15, -0.1) is 11.3 Å². The molecular weight excluding hydrogens is 400 g/mol. The van der Waals surface area contributed by atoms with Gasteiger partial charge in [0, 0.05) is 9.75 Å². The fourth-order valence-electron chi connectivity index (χ4n) is 4.16. The molecule has 0 spiro atoms. The molecule has 2 aliphatic heterocycles. The summed E-state index contributed by atoms with van der Waals surface area (Å²) < 4.78 is 0. The number of carboxylic acids is 1. The van der Waals surface area contributed by atoms with Crippen molar-refractivity contribution in [3.63, 3.8) is 0 Å². The SMILES string of the molecule is Cc1ccccc1-c1cc2c(s1)C(C(=O)O)N1CC2N(OCc2ccccc2)C1=O. The second kappa shape index (κ2) is 7.27. The van der Waals surface area contributed by atoms with E-state index < -0.39 is 18.0 Å². The van der Waals surface area contributed by atoms with Crippen LogP contribution in [0.15, 0.2) is 60.7 Å². The number of aryl methyl sites for hydroxylation is 1. The zero-order valence-corrected chi connectivity index (χ0v) is 17.1. The summed E-state index contributed by atoms with van der Waals surface area (Å²) in [6.07, 6.45) is 0. The van der Waals surface area contributed by atoms with Crippen LogP contribution in [0.4, 0.5) is 4.79 Å². The van der Waals surface area contributed by atoms with Crippen LogP contribution < -0.4 is 0 Å². The Morgan fingerprint density at radius 1 is 1.17 bits per heavy atom. The van der Waals surface area contributed by atoms with Crippen LogP contribution in [0.5, 0.6) is 0 Å². The predicted octanol–water partition coefficient (Wildman–Crippen LogP) is 4.77. The van der Waals surface area contributed by atoms with Crippen molar-refractivity contribution in [2.75, 3.05) is 6.54 Å². The molecule has 7 heteroatoms. The Labute approximate surface area is 177 Å². The van der Waals surface area contributed by atoms with Gasteiger partial charge < -0.3 is 10.0 Å². The van der Waals surface area contributed by atoms with E-state index in [4.69, 9.17) is 4.84 Å². The van der Waals surface area contributed by atoms with Gasteiger partial charge in [0.1, 0.15) is 12.6 Å². The summed E-state index contributed by atoms with van der Waals surface area (Å²) in [6, 6.07) is 18.0. The number of nitrogens with zero attached hydrogens (tertiary/aromatic N) is 2. The fraction of sp³-hybridized carbons (Fsp3) is 0.217. The number of rotatable bonds is 5. The minimum Gasteiger partial charge on any atom is -0.479 e. The zero-order valence-electron chi connectivity index (χ0n) is 16.3. The predicted molar refractivity (Wildman–Crippen MR) is 113 cm³/mol. The van der Waals surface area contributed by atoms with Crippen LogP contribution in [0.25, 0.3) is 10.4 Å². The average molecular weight is 420 g/mol. The molecule has 5 rings (SSSR count). The molecule has 2 unspecified atom stereocenters. The molecule has 2 aromatic carbocycles. The highest BCUT2D eigenvalue weighted by Crippen LogP contribution is 2.49. The monoisotopic (exact) mass is 420 g/mol. The number of carbonyl (C=O) groups excluding carboxylic acids is 1. The largest absolute Gasteiger partial charge is 0.479 e. The Morgan fingerprint density at radius 3 is 2.63 bits per heavy atom. The van der Waals surface area contributed by atoms with Gasteiger partial charge in [-0.25, -0.2) is 9.59 Å². The molecule has 0 aliphatic carbocycles. The highest BCUT2D eigenvalue weighted by atomic mass is 32.1. The molecule has 1 N–H and O–H groups in total. The first-order chi connectivity index (χ1) is 14.5. The second-order valence-electron chi connectivity index (χ2n) is 7.52. The molecule has 3 heterocycles. The first-order valence-electron chi connectivity index (χ1n) is 9.73. The molecule has 30 heavy (non-hydrogen) atoms. The minimum atomic E-state index is -1.02. The molecular formula is C23H20N2O4S. The lowest BCUT2D eigenvalue weighted by Gasteiger charge is -2.27. The van der Waals surface area contributed by atoms with Gasteiger partial charge in [0.2, 0.25) is 0 Å². The number of amides is 2. The molecule has 3 aromatic rings. The maximum absolute atomic E-state index is 13.0. The van der Waals surface area contributed by atoms with Gasteiger partial charge in [0.25, 0.3) is 0 Å². The summed E-state index contributed by atoms with van der Waals surface area (Å²) in [5, 5.41) is 11.3. The lowest BCUT2D eigenvalue weighted by molar-refractivity contribution is -0.143. The topological polar surface area (TPSA) is 70.1 Å². The molecule has 0 saturated carbocycles. The van der Waals surface area contributed by atoms with Gasteiger partial charge in [0.05, 0.1) is 6.54 Å². The zero-order chi connectivity index (χ0) is 20.8. The van der Waals surface area contributed by atoms with E-state index in [1.54, 1.807) is 0 Å². The Kier molecular flexibility index (Phi) is 4.56. The van der Waals surface area contributed by atoms with Gasteiger partial charge >= 0.3 is 12.0 Å². The van der Waals surface area contributed by atoms with E-state index in [9.17, 15) is 14.7 Å². The van der Waals surface area contributed by atoms with Crippen molar-refractivity contribution in [2.24, 2.45) is 0 Å². The minimum absolute atomic E-state index is 0.249. The average Bonchev–Trinajstić information content (AvgIpc) is 3.29. The molecule has 0 radical (unpaired) electrons. The third kappa shape index (κ3) is 2.98. The van der Waals surface area contributed by atoms with Crippen LogP contribution in [0.3, 0.4) is 0 Å². The van der Waals surface area contributed by atoms with Crippen LogP contribution in [0.2, 0.25) is 0 Å². The van der Waals surface area contributed by atoms with Gasteiger partial charge in [-0.1, -0.05) is 54.6 Å². The number of carbonyl (C=O) groups is 2. The summed E-state index contributed by atoms with van der Waals surface area (Å²) in [5.41, 5.74) is 4.01. The van der Waals surface area contributed by atoms with Gasteiger partial charge in [0.15, 0.2) is 6.04 Å². The van der Waals surface area contributed by atoms with Crippen LogP contribution in [0, 0.1) is 6.92 Å². The number of aliphatic carboxylic acids is 1. The van der Waals surface area contributed by atoms with Crippen molar-refractivity contribution in [1.29, 1.82) is 0 Å². The Hall–Kier alpha value is -3.16. The van der Waals surface area contributed by atoms with Crippen molar-refractivity contribution in [3.05, 3.63) is 82.2 Å². The summed E-state index contributed by atoms with van der Waals surface area (Å²) in [4.78, 5) is 34.1.